The Balaban J connectivity index is 0.000000132. The van der Waals surface area contributed by atoms with Crippen molar-refractivity contribution >= 4 is 5.91 Å². The summed E-state index contributed by atoms with van der Waals surface area (Å²) in [5.41, 5.74) is 0. The third kappa shape index (κ3) is 4.81. The number of nitrogens with one attached hydrogen (secondary N) is 2. The average Bonchev–Trinajstić information content (AvgIpc) is 2.22. The maximum absolute atomic E-state index is 10.3. The zero-order chi connectivity index (χ0) is 9.36. The van der Waals surface area contributed by atoms with E-state index < -0.39 is 0 Å². The van der Waals surface area contributed by atoms with Gasteiger partial charge in [0, 0.05) is 13.1 Å². The van der Waals surface area contributed by atoms with E-state index in [0.29, 0.717) is 6.54 Å². The lowest BCUT2D eigenvalue weighted by Crippen LogP contribution is -2.44. The molecule has 2 heterocycles. The number of nitrogens with zero attached hydrogens (tertiary/aromatic N) is 3. The van der Waals surface area contributed by atoms with Gasteiger partial charge in [-0.1, -0.05) is 0 Å². The van der Waals surface area contributed by atoms with Crippen LogP contribution in [0.15, 0.2) is 18.5 Å². The maximum atomic E-state index is 10.3. The molecule has 1 aliphatic heterocycles. The first-order valence-electron chi connectivity index (χ1n) is 3.95. The summed E-state index contributed by atoms with van der Waals surface area (Å²) in [6.45, 7) is 2.17. The fourth-order valence-corrected chi connectivity index (χ4v) is 0.760. The highest BCUT2D eigenvalue weighted by atomic mass is 16.2. The number of carbonyl (C=O) groups is 1. The molecular formula is C7H11N5O. The molecule has 0 saturated carbocycles. The predicted octanol–water partition coefficient (Wildman–Crippen LogP) is -1.42. The van der Waals surface area contributed by atoms with Gasteiger partial charge in [-0.2, -0.15) is 0 Å². The van der Waals surface area contributed by atoms with Crippen LogP contribution in [0.2, 0.25) is 0 Å². The molecule has 1 amide bonds. The molecule has 6 nitrogen and oxygen atoms in total. The van der Waals surface area contributed by atoms with E-state index in [1.165, 1.54) is 0 Å². The van der Waals surface area contributed by atoms with E-state index in [4.69, 9.17) is 0 Å². The van der Waals surface area contributed by atoms with Gasteiger partial charge in [0.15, 0.2) is 0 Å². The number of piperazine rings is 1. The van der Waals surface area contributed by atoms with Crippen LogP contribution in [0.25, 0.3) is 0 Å². The lowest BCUT2D eigenvalue weighted by Gasteiger charge is -2.11. The fourth-order valence-electron chi connectivity index (χ4n) is 0.760. The van der Waals surface area contributed by atoms with Crippen molar-refractivity contribution in [2.45, 2.75) is 0 Å². The number of amides is 1. The van der Waals surface area contributed by atoms with Crippen molar-refractivity contribution in [1.29, 1.82) is 0 Å². The first kappa shape index (κ1) is 9.53. The van der Waals surface area contributed by atoms with Gasteiger partial charge >= 0.3 is 0 Å². The highest BCUT2D eigenvalue weighted by Crippen LogP contribution is 1.69. The third-order valence-electron chi connectivity index (χ3n) is 1.32. The summed E-state index contributed by atoms with van der Waals surface area (Å²) in [6.07, 6.45) is 3.15. The van der Waals surface area contributed by atoms with Crippen molar-refractivity contribution in [2.24, 2.45) is 0 Å². The predicted molar refractivity (Wildman–Crippen MR) is 45.7 cm³/mol. The normalized spacial score (nSPS) is 15.2. The molecule has 1 aromatic heterocycles. The molecule has 2 rings (SSSR count). The molecule has 1 fully saturated rings. The van der Waals surface area contributed by atoms with Gasteiger partial charge in [0.25, 0.3) is 0 Å². The second-order valence-electron chi connectivity index (χ2n) is 2.34. The molecule has 0 atom stereocenters. The maximum Gasteiger partial charge on any atom is 0.234 e. The van der Waals surface area contributed by atoms with Gasteiger partial charge in [0.2, 0.25) is 5.91 Å². The second-order valence-corrected chi connectivity index (χ2v) is 2.34. The van der Waals surface area contributed by atoms with E-state index in [9.17, 15) is 4.79 Å². The number of aromatic nitrogens is 3. The zero-order valence-corrected chi connectivity index (χ0v) is 7.10. The molecule has 0 spiro atoms. The smallest absolute Gasteiger partial charge is 0.234 e. The van der Waals surface area contributed by atoms with Crippen molar-refractivity contribution < 1.29 is 4.79 Å². The largest absolute Gasteiger partial charge is 0.354 e. The van der Waals surface area contributed by atoms with E-state index in [2.05, 4.69) is 26.0 Å². The first-order chi connectivity index (χ1) is 6.39. The van der Waals surface area contributed by atoms with E-state index in [-0.39, 0.29) is 5.91 Å². The number of hydrogen-bond donors (Lipinski definition) is 2. The molecule has 2 N–H and O–H groups in total. The zero-order valence-electron chi connectivity index (χ0n) is 7.10. The summed E-state index contributed by atoms with van der Waals surface area (Å²) in [5.74, 6) is 0.103. The number of rotatable bonds is 0. The summed E-state index contributed by atoms with van der Waals surface area (Å²) in [5, 5.41) is 15.7. The minimum atomic E-state index is 0.103. The Kier molecular flexibility index (Phi) is 4.41. The topological polar surface area (TPSA) is 79.8 Å². The molecule has 1 aliphatic rings. The van der Waals surface area contributed by atoms with Crippen molar-refractivity contribution in [3.63, 3.8) is 0 Å². The second kappa shape index (κ2) is 6.01. The summed E-state index contributed by atoms with van der Waals surface area (Å²) in [6, 6.07) is 1.72. The molecule has 0 radical (unpaired) electrons. The Morgan fingerprint density at radius 1 is 1.23 bits per heavy atom. The van der Waals surface area contributed by atoms with Gasteiger partial charge in [-0.3, -0.25) is 4.79 Å². The van der Waals surface area contributed by atoms with Gasteiger partial charge in [-0.05, 0) is 11.3 Å². The standard InChI is InChI=1S/C4H8N2O.C3H3N3/c7-4-3-5-1-2-6-4;1-2-4-6-5-3-1/h5H,1-3H2,(H,6,7);1-3H. The minimum absolute atomic E-state index is 0.103. The molecule has 1 aromatic rings. The van der Waals surface area contributed by atoms with E-state index in [0.717, 1.165) is 13.1 Å². The molecule has 1 saturated heterocycles. The molecule has 0 aromatic carbocycles. The Morgan fingerprint density at radius 2 is 2.00 bits per heavy atom. The van der Waals surface area contributed by atoms with Crippen LogP contribution in [-0.2, 0) is 4.79 Å². The molecule has 0 bridgehead atoms. The summed E-state index contributed by atoms with van der Waals surface area (Å²) in [4.78, 5) is 10.3. The Labute approximate surface area is 75.7 Å². The lowest BCUT2D eigenvalue weighted by molar-refractivity contribution is -0.121. The van der Waals surface area contributed by atoms with Gasteiger partial charge in [0.1, 0.15) is 0 Å². The monoisotopic (exact) mass is 181 g/mol. The lowest BCUT2D eigenvalue weighted by atomic mass is 10.4. The van der Waals surface area contributed by atoms with Crippen LogP contribution in [0.3, 0.4) is 0 Å². The van der Waals surface area contributed by atoms with Crippen LogP contribution in [0.1, 0.15) is 0 Å². The Morgan fingerprint density at radius 3 is 2.23 bits per heavy atom. The minimum Gasteiger partial charge on any atom is -0.354 e. The summed E-state index contributed by atoms with van der Waals surface area (Å²) >= 11 is 0. The van der Waals surface area contributed by atoms with Crippen molar-refractivity contribution in [1.82, 2.24) is 26.0 Å². The third-order valence-corrected chi connectivity index (χ3v) is 1.32. The van der Waals surface area contributed by atoms with Gasteiger partial charge in [-0.25, -0.2) is 0 Å². The fraction of sp³-hybridized carbons (Fsp3) is 0.429. The van der Waals surface area contributed by atoms with Crippen LogP contribution in [0.4, 0.5) is 0 Å². The molecule has 0 unspecified atom stereocenters. The number of hydrogen-bond acceptors (Lipinski definition) is 5. The molecule has 70 valence electrons. The van der Waals surface area contributed by atoms with E-state index >= 15 is 0 Å². The van der Waals surface area contributed by atoms with Crippen molar-refractivity contribution in [2.75, 3.05) is 19.6 Å². The van der Waals surface area contributed by atoms with E-state index in [1.54, 1.807) is 18.5 Å². The van der Waals surface area contributed by atoms with Crippen LogP contribution in [-0.4, -0.2) is 41.0 Å². The molecule has 0 aliphatic carbocycles. The highest BCUT2D eigenvalue weighted by Gasteiger charge is 2.02. The first-order valence-corrected chi connectivity index (χ1v) is 3.95. The summed E-state index contributed by atoms with van der Waals surface area (Å²) in [7, 11) is 0. The highest BCUT2D eigenvalue weighted by molar-refractivity contribution is 5.78. The quantitative estimate of drug-likeness (QED) is 0.513. The molecule has 6 heteroatoms. The Bertz CT molecular complexity index is 205. The molecule has 13 heavy (non-hydrogen) atoms. The average molecular weight is 181 g/mol. The summed E-state index contributed by atoms with van der Waals surface area (Å²) < 4.78 is 0. The van der Waals surface area contributed by atoms with Crippen LogP contribution in [0, 0.1) is 0 Å². The van der Waals surface area contributed by atoms with Gasteiger partial charge in [-0.15, -0.1) is 10.2 Å². The van der Waals surface area contributed by atoms with Crippen LogP contribution < -0.4 is 10.6 Å². The molecular weight excluding hydrogens is 170 g/mol. The van der Waals surface area contributed by atoms with Gasteiger partial charge < -0.3 is 10.6 Å². The van der Waals surface area contributed by atoms with Crippen LogP contribution in [0.5, 0.6) is 0 Å². The Hall–Kier alpha value is -1.56. The van der Waals surface area contributed by atoms with Crippen LogP contribution >= 0.6 is 0 Å². The van der Waals surface area contributed by atoms with Crippen molar-refractivity contribution in [3.05, 3.63) is 18.5 Å². The van der Waals surface area contributed by atoms with E-state index in [1.807, 2.05) is 0 Å². The SMILES string of the molecule is O=C1CNCCN1.c1cnnnc1. The van der Waals surface area contributed by atoms with Crippen molar-refractivity contribution in [3.8, 4) is 0 Å². The van der Waals surface area contributed by atoms with Gasteiger partial charge in [0.05, 0.1) is 18.9 Å². The number of carbonyl (C=O) groups excluding carboxylic acids is 1.